The van der Waals surface area contributed by atoms with E-state index < -0.39 is 9.84 Å². The molecule has 0 atom stereocenters. The molecule has 20 heavy (non-hydrogen) atoms. The Bertz CT molecular complexity index is 673. The molecule has 1 heterocycles. The van der Waals surface area contributed by atoms with Crippen LogP contribution in [0.5, 0.6) is 5.75 Å². The van der Waals surface area contributed by atoms with Gasteiger partial charge in [-0.3, -0.25) is 0 Å². The molecule has 0 aliphatic heterocycles. The monoisotopic (exact) mass is 295 g/mol. The number of hydrogen-bond donors (Lipinski definition) is 0. The zero-order valence-electron chi connectivity index (χ0n) is 12.0. The molecule has 0 saturated carbocycles. The highest BCUT2D eigenvalue weighted by atomic mass is 32.2. The van der Waals surface area contributed by atoms with Crippen LogP contribution in [0.2, 0.25) is 0 Å². The highest BCUT2D eigenvalue weighted by molar-refractivity contribution is 7.91. The van der Waals surface area contributed by atoms with Gasteiger partial charge in [-0.1, -0.05) is 13.0 Å². The summed E-state index contributed by atoms with van der Waals surface area (Å²) < 4.78 is 30.7. The highest BCUT2D eigenvalue weighted by Crippen LogP contribution is 2.26. The summed E-state index contributed by atoms with van der Waals surface area (Å²) in [5.41, 5.74) is 1.09. The Kier molecular flexibility index (Phi) is 4.70. The number of rotatable bonds is 7. The molecule has 0 bridgehead atoms. The molecule has 0 saturated heterocycles. The van der Waals surface area contributed by atoms with Crippen molar-refractivity contribution in [3.05, 3.63) is 30.5 Å². The van der Waals surface area contributed by atoms with Crippen LogP contribution in [0.3, 0.4) is 0 Å². The zero-order valence-corrected chi connectivity index (χ0v) is 12.8. The van der Waals surface area contributed by atoms with Gasteiger partial charge in [0, 0.05) is 23.9 Å². The van der Waals surface area contributed by atoms with E-state index in [2.05, 4.69) is 4.57 Å². The van der Waals surface area contributed by atoms with E-state index in [-0.39, 0.29) is 11.5 Å². The van der Waals surface area contributed by atoms with Crippen LogP contribution in [-0.4, -0.2) is 31.1 Å². The average Bonchev–Trinajstić information content (AvgIpc) is 2.84. The van der Waals surface area contributed by atoms with E-state index in [0.717, 1.165) is 16.7 Å². The molecule has 0 amide bonds. The van der Waals surface area contributed by atoms with Gasteiger partial charge >= 0.3 is 0 Å². The molecule has 0 unspecified atom stereocenters. The standard InChI is InChI=1S/C15H21NO3S/c1-3-19-15-8-5-7-14-13(15)9-11-16(14)10-6-12-20(17,18)4-2/h5,7-9,11H,3-4,6,10,12H2,1-2H3. The molecule has 1 aromatic heterocycles. The van der Waals surface area contributed by atoms with E-state index in [4.69, 9.17) is 4.74 Å². The number of hydrogen-bond acceptors (Lipinski definition) is 3. The number of aromatic nitrogens is 1. The molecule has 0 N–H and O–H groups in total. The van der Waals surface area contributed by atoms with Crippen LogP contribution in [0.1, 0.15) is 20.3 Å². The van der Waals surface area contributed by atoms with E-state index in [9.17, 15) is 8.42 Å². The molecule has 0 aliphatic rings. The van der Waals surface area contributed by atoms with Crippen LogP contribution in [0.25, 0.3) is 10.9 Å². The predicted molar refractivity (Wildman–Crippen MR) is 82.1 cm³/mol. The van der Waals surface area contributed by atoms with Gasteiger partial charge in [-0.2, -0.15) is 0 Å². The molecular formula is C15H21NO3S. The van der Waals surface area contributed by atoms with E-state index in [1.165, 1.54) is 0 Å². The van der Waals surface area contributed by atoms with Crippen LogP contribution >= 0.6 is 0 Å². The third-order valence-corrected chi connectivity index (χ3v) is 5.16. The topological polar surface area (TPSA) is 48.3 Å². The molecular weight excluding hydrogens is 274 g/mol. The normalized spacial score (nSPS) is 11.9. The lowest BCUT2D eigenvalue weighted by Crippen LogP contribution is -2.11. The van der Waals surface area contributed by atoms with Crippen molar-refractivity contribution in [1.29, 1.82) is 0 Å². The Morgan fingerprint density at radius 1 is 1.20 bits per heavy atom. The van der Waals surface area contributed by atoms with Gasteiger partial charge in [0.25, 0.3) is 0 Å². The Hall–Kier alpha value is -1.49. The fraction of sp³-hybridized carbons (Fsp3) is 0.467. The maximum absolute atomic E-state index is 11.5. The fourth-order valence-electron chi connectivity index (χ4n) is 2.27. The van der Waals surface area contributed by atoms with Gasteiger partial charge in [-0.15, -0.1) is 0 Å². The highest BCUT2D eigenvalue weighted by Gasteiger charge is 2.09. The lowest BCUT2D eigenvalue weighted by molar-refractivity contribution is 0.344. The van der Waals surface area contributed by atoms with Gasteiger partial charge in [0.05, 0.1) is 17.9 Å². The Labute approximate surface area is 120 Å². The second-order valence-electron chi connectivity index (χ2n) is 4.72. The Morgan fingerprint density at radius 2 is 2.00 bits per heavy atom. The lowest BCUT2D eigenvalue weighted by Gasteiger charge is -2.08. The number of sulfone groups is 1. The minimum absolute atomic E-state index is 0.216. The van der Waals surface area contributed by atoms with Crippen LogP contribution in [-0.2, 0) is 16.4 Å². The first kappa shape index (κ1) is 14.9. The van der Waals surface area contributed by atoms with Gasteiger partial charge in [0.2, 0.25) is 0 Å². The first-order chi connectivity index (χ1) is 9.57. The van der Waals surface area contributed by atoms with Crippen molar-refractivity contribution in [2.45, 2.75) is 26.8 Å². The molecule has 2 aromatic rings. The first-order valence-electron chi connectivity index (χ1n) is 6.98. The molecule has 2 rings (SSSR count). The van der Waals surface area contributed by atoms with Gasteiger partial charge in [0.1, 0.15) is 15.6 Å². The van der Waals surface area contributed by atoms with Crippen molar-refractivity contribution in [1.82, 2.24) is 4.57 Å². The SMILES string of the molecule is CCOc1cccc2c1ccn2CCCS(=O)(=O)CC. The van der Waals surface area contributed by atoms with Gasteiger partial charge in [0.15, 0.2) is 0 Å². The minimum Gasteiger partial charge on any atom is -0.493 e. The van der Waals surface area contributed by atoms with Crippen LogP contribution in [0.4, 0.5) is 0 Å². The van der Waals surface area contributed by atoms with Crippen LogP contribution < -0.4 is 4.74 Å². The predicted octanol–water partition coefficient (Wildman–Crippen LogP) is 2.86. The Morgan fingerprint density at radius 3 is 2.70 bits per heavy atom. The molecule has 0 spiro atoms. The van der Waals surface area contributed by atoms with E-state index in [1.54, 1.807) is 6.92 Å². The van der Waals surface area contributed by atoms with E-state index >= 15 is 0 Å². The van der Waals surface area contributed by atoms with Crippen molar-refractivity contribution in [2.75, 3.05) is 18.1 Å². The summed E-state index contributed by atoms with van der Waals surface area (Å²) in [6.45, 7) is 5.00. The third kappa shape index (κ3) is 3.33. The second kappa shape index (κ2) is 6.31. The summed E-state index contributed by atoms with van der Waals surface area (Å²) in [6.07, 6.45) is 2.63. The lowest BCUT2D eigenvalue weighted by atomic mass is 10.2. The maximum atomic E-state index is 11.5. The molecule has 0 fully saturated rings. The maximum Gasteiger partial charge on any atom is 0.150 e. The van der Waals surface area contributed by atoms with Gasteiger partial charge in [-0.25, -0.2) is 8.42 Å². The number of fused-ring (bicyclic) bond motifs is 1. The van der Waals surface area contributed by atoms with Crippen molar-refractivity contribution in [2.24, 2.45) is 0 Å². The van der Waals surface area contributed by atoms with Crippen molar-refractivity contribution >= 4 is 20.7 Å². The number of ether oxygens (including phenoxy) is 1. The third-order valence-electron chi connectivity index (χ3n) is 3.37. The number of benzene rings is 1. The molecule has 110 valence electrons. The number of nitrogens with zero attached hydrogens (tertiary/aromatic N) is 1. The molecule has 0 aliphatic carbocycles. The van der Waals surface area contributed by atoms with Crippen molar-refractivity contribution in [3.8, 4) is 5.75 Å². The summed E-state index contributed by atoms with van der Waals surface area (Å²) in [7, 11) is -2.88. The zero-order chi connectivity index (χ0) is 14.6. The van der Waals surface area contributed by atoms with E-state index in [0.29, 0.717) is 19.6 Å². The smallest absolute Gasteiger partial charge is 0.150 e. The fourth-order valence-corrected chi connectivity index (χ4v) is 3.13. The molecule has 4 nitrogen and oxygen atoms in total. The van der Waals surface area contributed by atoms with Crippen LogP contribution in [0.15, 0.2) is 30.5 Å². The second-order valence-corrected chi connectivity index (χ2v) is 7.19. The van der Waals surface area contributed by atoms with E-state index in [1.807, 2.05) is 37.4 Å². The minimum atomic E-state index is -2.88. The summed E-state index contributed by atoms with van der Waals surface area (Å²) >= 11 is 0. The largest absolute Gasteiger partial charge is 0.493 e. The summed E-state index contributed by atoms with van der Waals surface area (Å²) in [5, 5.41) is 1.08. The molecule has 0 radical (unpaired) electrons. The number of aryl methyl sites for hydroxylation is 1. The summed E-state index contributed by atoms with van der Waals surface area (Å²) in [5.74, 6) is 1.34. The van der Waals surface area contributed by atoms with Crippen molar-refractivity contribution in [3.63, 3.8) is 0 Å². The summed E-state index contributed by atoms with van der Waals surface area (Å²) in [6, 6.07) is 7.98. The first-order valence-corrected chi connectivity index (χ1v) is 8.80. The molecule has 1 aromatic carbocycles. The van der Waals surface area contributed by atoms with Gasteiger partial charge in [-0.05, 0) is 31.5 Å². The van der Waals surface area contributed by atoms with Gasteiger partial charge < -0.3 is 9.30 Å². The quantitative estimate of drug-likeness (QED) is 0.789. The Balaban J connectivity index is 2.14. The van der Waals surface area contributed by atoms with Crippen LogP contribution in [0, 0.1) is 0 Å². The van der Waals surface area contributed by atoms with Crippen molar-refractivity contribution < 1.29 is 13.2 Å². The summed E-state index contributed by atoms with van der Waals surface area (Å²) in [4.78, 5) is 0. The average molecular weight is 295 g/mol. The molecule has 5 heteroatoms.